The maximum Gasteiger partial charge on any atom is 0.267 e. The van der Waals surface area contributed by atoms with E-state index in [1.54, 1.807) is 19.4 Å². The Hall–Kier alpha value is -2.23. The largest absolute Gasteiger partial charge is 0.497 e. The fourth-order valence-electron chi connectivity index (χ4n) is 2.07. The Balaban J connectivity index is 1.79. The van der Waals surface area contributed by atoms with Crippen LogP contribution in [-0.4, -0.2) is 24.5 Å². The van der Waals surface area contributed by atoms with Crippen molar-refractivity contribution < 1.29 is 9.53 Å². The van der Waals surface area contributed by atoms with Gasteiger partial charge in [0.15, 0.2) is 0 Å². The van der Waals surface area contributed by atoms with Crippen molar-refractivity contribution in [1.29, 1.82) is 0 Å². The van der Waals surface area contributed by atoms with E-state index in [9.17, 15) is 4.79 Å². The molecule has 106 valence electrons. The highest BCUT2D eigenvalue weighted by atomic mass is 16.5. The van der Waals surface area contributed by atoms with Gasteiger partial charge in [0.2, 0.25) is 0 Å². The average Bonchev–Trinajstić information content (AvgIpc) is 3.01. The molecule has 2 rings (SSSR count). The van der Waals surface area contributed by atoms with Gasteiger partial charge in [-0.25, -0.2) is 0 Å². The van der Waals surface area contributed by atoms with Gasteiger partial charge in [0.1, 0.15) is 11.4 Å². The molecule has 1 heterocycles. The third-order valence-electron chi connectivity index (χ3n) is 3.39. The maximum atomic E-state index is 11.7. The Bertz CT molecular complexity index is 532. The second-order valence-electron chi connectivity index (χ2n) is 4.80. The third kappa shape index (κ3) is 3.63. The third-order valence-corrected chi connectivity index (χ3v) is 3.39. The summed E-state index contributed by atoms with van der Waals surface area (Å²) in [5, 5.41) is 2.91. The van der Waals surface area contributed by atoms with Crippen LogP contribution < -0.4 is 10.1 Å². The fraction of sp³-hybridized carbons (Fsp3) is 0.312. The zero-order valence-corrected chi connectivity index (χ0v) is 11.8. The Morgan fingerprint density at radius 1 is 1.30 bits per heavy atom. The van der Waals surface area contributed by atoms with Crippen molar-refractivity contribution in [1.82, 2.24) is 10.3 Å². The molecule has 1 amide bonds. The van der Waals surface area contributed by atoms with Gasteiger partial charge >= 0.3 is 0 Å². The van der Waals surface area contributed by atoms with Crippen LogP contribution in [0.25, 0.3) is 0 Å². The van der Waals surface area contributed by atoms with E-state index >= 15 is 0 Å². The van der Waals surface area contributed by atoms with E-state index < -0.39 is 0 Å². The highest BCUT2D eigenvalue weighted by Crippen LogP contribution is 2.21. The number of hydrogen-bond acceptors (Lipinski definition) is 2. The van der Waals surface area contributed by atoms with Gasteiger partial charge in [0.05, 0.1) is 7.11 Å². The molecule has 0 aliphatic rings. The molecule has 1 atom stereocenters. The summed E-state index contributed by atoms with van der Waals surface area (Å²) in [6.45, 7) is 2.81. The molecule has 1 aromatic heterocycles. The van der Waals surface area contributed by atoms with E-state index in [4.69, 9.17) is 4.74 Å². The summed E-state index contributed by atoms with van der Waals surface area (Å²) in [7, 11) is 1.66. The van der Waals surface area contributed by atoms with Crippen molar-refractivity contribution in [3.8, 4) is 5.75 Å². The van der Waals surface area contributed by atoms with E-state index in [0.717, 1.165) is 12.2 Å². The number of H-pyrrole nitrogens is 1. The number of rotatable bonds is 6. The molecule has 0 aliphatic heterocycles. The van der Waals surface area contributed by atoms with Gasteiger partial charge < -0.3 is 15.0 Å². The standard InChI is InChI=1S/C16H20N2O2/c1-12(13-5-7-14(20-2)8-6-13)9-11-18-16(19)15-4-3-10-17-15/h3-8,10,12,17H,9,11H2,1-2H3,(H,18,19). The Morgan fingerprint density at radius 3 is 2.65 bits per heavy atom. The van der Waals surface area contributed by atoms with Crippen LogP contribution in [0.4, 0.5) is 0 Å². The predicted molar refractivity (Wildman–Crippen MR) is 79.2 cm³/mol. The molecular formula is C16H20N2O2. The first-order chi connectivity index (χ1) is 9.70. The molecule has 1 aromatic carbocycles. The smallest absolute Gasteiger partial charge is 0.267 e. The molecule has 0 bridgehead atoms. The zero-order valence-electron chi connectivity index (χ0n) is 11.8. The molecule has 0 saturated carbocycles. The maximum absolute atomic E-state index is 11.7. The van der Waals surface area contributed by atoms with Crippen molar-refractivity contribution in [3.05, 3.63) is 53.9 Å². The number of carbonyl (C=O) groups is 1. The van der Waals surface area contributed by atoms with E-state index in [2.05, 4.69) is 29.4 Å². The van der Waals surface area contributed by atoms with Crippen molar-refractivity contribution in [2.75, 3.05) is 13.7 Å². The van der Waals surface area contributed by atoms with Crippen LogP contribution in [0, 0.1) is 0 Å². The van der Waals surface area contributed by atoms with Crippen LogP contribution in [0.1, 0.15) is 35.3 Å². The number of benzene rings is 1. The van der Waals surface area contributed by atoms with E-state index in [1.165, 1.54) is 5.56 Å². The summed E-state index contributed by atoms with van der Waals surface area (Å²) in [5.41, 5.74) is 1.85. The number of carbonyl (C=O) groups excluding carboxylic acids is 1. The van der Waals surface area contributed by atoms with Gasteiger partial charge in [0, 0.05) is 12.7 Å². The number of aromatic nitrogens is 1. The summed E-state index contributed by atoms with van der Waals surface area (Å²) in [5.74, 6) is 1.20. The monoisotopic (exact) mass is 272 g/mol. The topological polar surface area (TPSA) is 54.1 Å². The number of ether oxygens (including phenoxy) is 1. The van der Waals surface area contributed by atoms with Gasteiger partial charge in [-0.2, -0.15) is 0 Å². The van der Waals surface area contributed by atoms with Crippen LogP contribution in [0.3, 0.4) is 0 Å². The van der Waals surface area contributed by atoms with Crippen molar-refractivity contribution >= 4 is 5.91 Å². The van der Waals surface area contributed by atoms with Gasteiger partial charge in [-0.1, -0.05) is 19.1 Å². The lowest BCUT2D eigenvalue weighted by Crippen LogP contribution is -2.25. The summed E-state index contributed by atoms with van der Waals surface area (Å²) in [6.07, 6.45) is 2.65. The Kier molecular flexibility index (Phi) is 4.82. The van der Waals surface area contributed by atoms with Crippen molar-refractivity contribution in [3.63, 3.8) is 0 Å². The molecule has 20 heavy (non-hydrogen) atoms. The molecule has 0 spiro atoms. The lowest BCUT2D eigenvalue weighted by molar-refractivity contribution is 0.0948. The molecule has 4 heteroatoms. The average molecular weight is 272 g/mol. The number of aromatic amines is 1. The van der Waals surface area contributed by atoms with Crippen molar-refractivity contribution in [2.24, 2.45) is 0 Å². The van der Waals surface area contributed by atoms with Gasteiger partial charge in [-0.15, -0.1) is 0 Å². The van der Waals surface area contributed by atoms with Crippen LogP contribution in [-0.2, 0) is 0 Å². The minimum atomic E-state index is -0.0584. The highest BCUT2D eigenvalue weighted by Gasteiger charge is 2.08. The first-order valence-corrected chi connectivity index (χ1v) is 6.76. The van der Waals surface area contributed by atoms with Gasteiger partial charge in [0.25, 0.3) is 5.91 Å². The van der Waals surface area contributed by atoms with Crippen LogP contribution in [0.5, 0.6) is 5.75 Å². The second-order valence-corrected chi connectivity index (χ2v) is 4.80. The van der Waals surface area contributed by atoms with Gasteiger partial charge in [-0.05, 0) is 42.2 Å². The highest BCUT2D eigenvalue weighted by molar-refractivity contribution is 5.92. The molecule has 0 radical (unpaired) electrons. The molecule has 0 aliphatic carbocycles. The molecule has 2 aromatic rings. The minimum absolute atomic E-state index is 0.0584. The lowest BCUT2D eigenvalue weighted by atomic mass is 9.98. The first-order valence-electron chi connectivity index (χ1n) is 6.76. The van der Waals surface area contributed by atoms with E-state index in [0.29, 0.717) is 18.2 Å². The fourth-order valence-corrected chi connectivity index (χ4v) is 2.07. The van der Waals surface area contributed by atoms with E-state index in [1.807, 2.05) is 18.2 Å². The second kappa shape index (κ2) is 6.80. The first kappa shape index (κ1) is 14.2. The normalized spacial score (nSPS) is 11.9. The summed E-state index contributed by atoms with van der Waals surface area (Å²) >= 11 is 0. The van der Waals surface area contributed by atoms with Crippen LogP contribution in [0.2, 0.25) is 0 Å². The molecule has 0 fully saturated rings. The number of amides is 1. The Morgan fingerprint density at radius 2 is 2.05 bits per heavy atom. The van der Waals surface area contributed by atoms with Crippen LogP contribution in [0.15, 0.2) is 42.6 Å². The molecule has 2 N–H and O–H groups in total. The van der Waals surface area contributed by atoms with Gasteiger partial charge in [-0.3, -0.25) is 4.79 Å². The minimum Gasteiger partial charge on any atom is -0.497 e. The molecular weight excluding hydrogens is 252 g/mol. The summed E-state index contributed by atoms with van der Waals surface area (Å²) in [4.78, 5) is 14.6. The van der Waals surface area contributed by atoms with Crippen molar-refractivity contribution in [2.45, 2.75) is 19.3 Å². The summed E-state index contributed by atoms with van der Waals surface area (Å²) < 4.78 is 5.14. The number of nitrogens with one attached hydrogen (secondary N) is 2. The summed E-state index contributed by atoms with van der Waals surface area (Å²) in [6, 6.07) is 11.6. The predicted octanol–water partition coefficient (Wildman–Crippen LogP) is 2.95. The lowest BCUT2D eigenvalue weighted by Gasteiger charge is -2.13. The van der Waals surface area contributed by atoms with E-state index in [-0.39, 0.29) is 5.91 Å². The number of methoxy groups -OCH3 is 1. The quantitative estimate of drug-likeness (QED) is 0.849. The zero-order chi connectivity index (χ0) is 14.4. The molecule has 0 saturated heterocycles. The van der Waals surface area contributed by atoms with Crippen LogP contribution >= 0.6 is 0 Å². The number of hydrogen-bond donors (Lipinski definition) is 2. The SMILES string of the molecule is COc1ccc(C(C)CCNC(=O)c2ccc[nH]2)cc1. The molecule has 4 nitrogen and oxygen atoms in total. The Labute approximate surface area is 119 Å². The molecule has 1 unspecified atom stereocenters.